The maximum absolute atomic E-state index is 12.2. The first kappa shape index (κ1) is 14.6. The Morgan fingerprint density at radius 3 is 2.75 bits per heavy atom. The Balaban J connectivity index is 2.30. The fourth-order valence-electron chi connectivity index (χ4n) is 1.61. The highest BCUT2D eigenvalue weighted by Crippen LogP contribution is 2.33. The number of hydrogen-bond acceptors (Lipinski definition) is 4. The molecule has 1 amide bonds. The molecule has 0 radical (unpaired) electrons. The second-order valence-electron chi connectivity index (χ2n) is 4.08. The molecule has 1 aromatic heterocycles. The first-order valence-electron chi connectivity index (χ1n) is 5.71. The van der Waals surface area contributed by atoms with E-state index in [2.05, 4.69) is 15.7 Å². The predicted molar refractivity (Wildman–Crippen MR) is 81.2 cm³/mol. The van der Waals surface area contributed by atoms with Gasteiger partial charge in [-0.1, -0.05) is 29.3 Å². The lowest BCUT2D eigenvalue weighted by molar-refractivity contribution is 0.102. The summed E-state index contributed by atoms with van der Waals surface area (Å²) < 4.78 is 0. The van der Waals surface area contributed by atoms with E-state index in [0.717, 1.165) is 5.56 Å². The molecule has 0 bridgehead atoms. The number of hydrogen-bond donors (Lipinski definition) is 3. The van der Waals surface area contributed by atoms with Gasteiger partial charge >= 0.3 is 0 Å². The van der Waals surface area contributed by atoms with Crippen molar-refractivity contribution < 1.29 is 4.79 Å². The van der Waals surface area contributed by atoms with Gasteiger partial charge in [-0.05, 0) is 30.7 Å². The Kier molecular flexibility index (Phi) is 4.44. The number of nitrogens with one attached hydrogen (secondary N) is 2. The molecule has 5 nitrogen and oxygen atoms in total. The van der Waals surface area contributed by atoms with Crippen LogP contribution in [0, 0.1) is 6.92 Å². The topological polar surface area (TPSA) is 80.0 Å². The lowest BCUT2D eigenvalue weighted by Crippen LogP contribution is -2.15. The molecule has 0 unspecified atom stereocenters. The molecule has 0 fully saturated rings. The highest BCUT2D eigenvalue weighted by Gasteiger charge is 2.13. The van der Waals surface area contributed by atoms with Crippen LogP contribution in [0.3, 0.4) is 0 Å². The molecule has 1 heterocycles. The van der Waals surface area contributed by atoms with Gasteiger partial charge in [-0.15, -0.1) is 0 Å². The minimum absolute atomic E-state index is 0.349. The molecule has 0 atom stereocenters. The van der Waals surface area contributed by atoms with E-state index in [0.29, 0.717) is 27.1 Å². The van der Waals surface area contributed by atoms with E-state index in [1.54, 1.807) is 18.2 Å². The Morgan fingerprint density at radius 1 is 1.30 bits per heavy atom. The largest absolute Gasteiger partial charge is 0.319 e. The Hall–Kier alpha value is -1.82. The second-order valence-corrected chi connectivity index (χ2v) is 4.87. The number of nitrogens with two attached hydrogens (primary N) is 1. The summed E-state index contributed by atoms with van der Waals surface area (Å²) in [7, 11) is 0. The van der Waals surface area contributed by atoms with E-state index in [9.17, 15) is 4.79 Å². The monoisotopic (exact) mass is 310 g/mol. The van der Waals surface area contributed by atoms with Crippen LogP contribution in [0.1, 0.15) is 15.9 Å². The zero-order valence-electron chi connectivity index (χ0n) is 10.6. The quantitative estimate of drug-likeness (QED) is 0.600. The third kappa shape index (κ3) is 3.01. The summed E-state index contributed by atoms with van der Waals surface area (Å²) in [4.78, 5) is 16.1. The molecule has 0 aliphatic rings. The first-order chi connectivity index (χ1) is 9.52. The number of pyridine rings is 1. The van der Waals surface area contributed by atoms with Gasteiger partial charge in [0, 0.05) is 11.8 Å². The molecule has 7 heteroatoms. The van der Waals surface area contributed by atoms with Gasteiger partial charge in [0.2, 0.25) is 0 Å². The molecule has 20 heavy (non-hydrogen) atoms. The number of rotatable bonds is 3. The van der Waals surface area contributed by atoms with Crippen molar-refractivity contribution in [3.8, 4) is 0 Å². The van der Waals surface area contributed by atoms with E-state index in [1.165, 1.54) is 12.3 Å². The lowest BCUT2D eigenvalue weighted by atomic mass is 10.2. The SMILES string of the molecule is Cc1ccc(Cl)c(NC(=O)c2ccnc(NN)c2)c1Cl. The molecule has 0 saturated carbocycles. The molecule has 2 rings (SSSR count). The van der Waals surface area contributed by atoms with Crippen LogP contribution in [0.15, 0.2) is 30.5 Å². The summed E-state index contributed by atoms with van der Waals surface area (Å²) in [6.07, 6.45) is 1.48. The molecule has 0 saturated heterocycles. The van der Waals surface area contributed by atoms with E-state index >= 15 is 0 Å². The number of carbonyl (C=O) groups excluding carboxylic acids is 1. The Labute approximate surface area is 126 Å². The normalized spacial score (nSPS) is 10.2. The zero-order valence-corrected chi connectivity index (χ0v) is 12.1. The van der Waals surface area contributed by atoms with Crippen molar-refractivity contribution in [1.82, 2.24) is 4.98 Å². The maximum atomic E-state index is 12.2. The molecule has 0 aliphatic heterocycles. The van der Waals surface area contributed by atoms with Gasteiger partial charge < -0.3 is 10.7 Å². The number of nitrogens with zero attached hydrogens (tertiary/aromatic N) is 1. The fourth-order valence-corrected chi connectivity index (χ4v) is 2.07. The van der Waals surface area contributed by atoms with Gasteiger partial charge in [0.15, 0.2) is 0 Å². The van der Waals surface area contributed by atoms with Crippen LogP contribution in [0.25, 0.3) is 0 Å². The standard InChI is InChI=1S/C13H12Cl2N4O/c1-7-2-3-9(14)12(11(7)15)18-13(20)8-4-5-17-10(6-8)19-16/h2-6H,16H2,1H3,(H,17,19)(H,18,20). The second kappa shape index (κ2) is 6.09. The van der Waals surface area contributed by atoms with Gasteiger partial charge in [-0.3, -0.25) is 4.79 Å². The average molecular weight is 311 g/mol. The summed E-state index contributed by atoms with van der Waals surface area (Å²) >= 11 is 12.2. The Bertz CT molecular complexity index is 661. The first-order valence-corrected chi connectivity index (χ1v) is 6.47. The summed E-state index contributed by atoms with van der Waals surface area (Å²) in [5.41, 5.74) is 3.98. The van der Waals surface area contributed by atoms with Crippen LogP contribution >= 0.6 is 23.2 Å². The fraction of sp³-hybridized carbons (Fsp3) is 0.0769. The number of halogens is 2. The molecule has 0 spiro atoms. The van der Waals surface area contributed by atoms with Crippen molar-refractivity contribution in [3.05, 3.63) is 51.6 Å². The van der Waals surface area contributed by atoms with E-state index in [4.69, 9.17) is 29.0 Å². The van der Waals surface area contributed by atoms with Crippen LogP contribution in [0.5, 0.6) is 0 Å². The van der Waals surface area contributed by atoms with Crippen molar-refractivity contribution >= 4 is 40.6 Å². The maximum Gasteiger partial charge on any atom is 0.255 e. The highest BCUT2D eigenvalue weighted by molar-refractivity contribution is 6.40. The van der Waals surface area contributed by atoms with Gasteiger partial charge in [0.25, 0.3) is 5.91 Å². The number of benzene rings is 1. The van der Waals surface area contributed by atoms with Crippen LogP contribution in [0.4, 0.5) is 11.5 Å². The molecular weight excluding hydrogens is 299 g/mol. The summed E-state index contributed by atoms with van der Waals surface area (Å²) in [5, 5.41) is 3.48. The number of nitrogen functional groups attached to an aromatic ring is 1. The molecular formula is C13H12Cl2N4O. The van der Waals surface area contributed by atoms with Crippen LogP contribution < -0.4 is 16.6 Å². The van der Waals surface area contributed by atoms with Crippen LogP contribution in [-0.2, 0) is 0 Å². The molecule has 1 aromatic carbocycles. The van der Waals surface area contributed by atoms with Gasteiger partial charge in [0.1, 0.15) is 5.82 Å². The summed E-state index contributed by atoms with van der Waals surface area (Å²) in [5.74, 6) is 5.29. The minimum Gasteiger partial charge on any atom is -0.319 e. The van der Waals surface area contributed by atoms with Gasteiger partial charge in [0.05, 0.1) is 15.7 Å². The zero-order chi connectivity index (χ0) is 14.7. The average Bonchev–Trinajstić information content (AvgIpc) is 2.47. The van der Waals surface area contributed by atoms with E-state index in [-0.39, 0.29) is 5.91 Å². The van der Waals surface area contributed by atoms with Crippen molar-refractivity contribution in [1.29, 1.82) is 0 Å². The van der Waals surface area contributed by atoms with Crippen molar-refractivity contribution in [2.45, 2.75) is 6.92 Å². The number of aryl methyl sites for hydroxylation is 1. The third-order valence-corrected chi connectivity index (χ3v) is 3.49. The number of anilines is 2. The molecule has 2 aromatic rings. The minimum atomic E-state index is -0.349. The molecule has 0 aliphatic carbocycles. The van der Waals surface area contributed by atoms with Crippen molar-refractivity contribution in [2.24, 2.45) is 5.84 Å². The summed E-state index contributed by atoms with van der Waals surface area (Å²) in [6.45, 7) is 1.83. The number of carbonyl (C=O) groups is 1. The van der Waals surface area contributed by atoms with Crippen LogP contribution in [-0.4, -0.2) is 10.9 Å². The van der Waals surface area contributed by atoms with E-state index < -0.39 is 0 Å². The third-order valence-electron chi connectivity index (χ3n) is 2.69. The smallest absolute Gasteiger partial charge is 0.255 e. The lowest BCUT2D eigenvalue weighted by Gasteiger charge is -2.11. The van der Waals surface area contributed by atoms with Crippen molar-refractivity contribution in [2.75, 3.05) is 10.7 Å². The Morgan fingerprint density at radius 2 is 2.05 bits per heavy atom. The van der Waals surface area contributed by atoms with Crippen LogP contribution in [0.2, 0.25) is 10.0 Å². The van der Waals surface area contributed by atoms with Gasteiger partial charge in [-0.25, -0.2) is 10.8 Å². The molecule has 104 valence electrons. The predicted octanol–water partition coefficient (Wildman–Crippen LogP) is 3.23. The van der Waals surface area contributed by atoms with Gasteiger partial charge in [-0.2, -0.15) is 0 Å². The number of aromatic nitrogens is 1. The van der Waals surface area contributed by atoms with E-state index in [1.807, 2.05) is 6.92 Å². The van der Waals surface area contributed by atoms with Crippen molar-refractivity contribution in [3.63, 3.8) is 0 Å². The summed E-state index contributed by atoms with van der Waals surface area (Å²) in [6, 6.07) is 6.54. The number of hydrazine groups is 1. The highest BCUT2D eigenvalue weighted by atomic mass is 35.5. The molecule has 4 N–H and O–H groups in total. The number of amides is 1.